The predicted molar refractivity (Wildman–Crippen MR) is 133 cm³/mol. The molecule has 0 aromatic heterocycles. The van der Waals surface area contributed by atoms with Crippen molar-refractivity contribution in [1.29, 1.82) is 0 Å². The Hall–Kier alpha value is 0.270. The molecule has 0 aromatic carbocycles. The van der Waals surface area contributed by atoms with Crippen molar-refractivity contribution in [2.24, 2.45) is 0 Å². The minimum absolute atomic E-state index is 0.0766. The molecule has 3 heteroatoms. The third kappa shape index (κ3) is 18.7. The van der Waals surface area contributed by atoms with E-state index in [1.54, 1.807) is 0 Å². The molecule has 1 rings (SSSR count). The van der Waals surface area contributed by atoms with Gasteiger partial charge in [-0.1, -0.05) is 103 Å². The zero-order chi connectivity index (χ0) is 20.8. The van der Waals surface area contributed by atoms with Crippen molar-refractivity contribution in [2.45, 2.75) is 135 Å². The average Bonchev–Trinajstić information content (AvgIpc) is 2.74. The molecule has 29 heavy (non-hydrogen) atoms. The number of hydrogen-bond donors (Lipinski definition) is 1. The van der Waals surface area contributed by atoms with E-state index in [0.29, 0.717) is 0 Å². The van der Waals surface area contributed by atoms with Crippen LogP contribution in [0, 0.1) is 0 Å². The van der Waals surface area contributed by atoms with Crippen molar-refractivity contribution in [1.82, 2.24) is 4.90 Å². The first-order chi connectivity index (χ1) is 14.3. The van der Waals surface area contributed by atoms with Crippen molar-refractivity contribution in [3.8, 4) is 0 Å². The molecule has 1 aliphatic rings. The molecule has 1 saturated heterocycles. The quantitative estimate of drug-likeness (QED) is 0.189. The monoisotopic (exact) mass is 427 g/mol. The van der Waals surface area contributed by atoms with Gasteiger partial charge in [-0.05, 0) is 51.1 Å². The fourth-order valence-electron chi connectivity index (χ4n) is 4.45. The second-order valence-corrected chi connectivity index (χ2v) is 10.5. The van der Waals surface area contributed by atoms with Crippen molar-refractivity contribution >= 4 is 11.8 Å². The summed E-state index contributed by atoms with van der Waals surface area (Å²) in [5.74, 6) is 2.16. The first kappa shape index (κ1) is 27.3. The Labute approximate surface area is 188 Å². The fourth-order valence-corrected chi connectivity index (χ4v) is 5.39. The average molecular weight is 428 g/mol. The van der Waals surface area contributed by atoms with E-state index in [-0.39, 0.29) is 6.10 Å². The number of piperidine rings is 1. The minimum atomic E-state index is -0.0766. The van der Waals surface area contributed by atoms with E-state index in [4.69, 9.17) is 0 Å². The SMILES string of the molecule is CCCCCCCCCCCCCCCCC(O)CSCCCN1CCCCC1. The summed E-state index contributed by atoms with van der Waals surface area (Å²) in [5, 5.41) is 10.2. The third-order valence-corrected chi connectivity index (χ3v) is 7.61. The Morgan fingerprint density at radius 2 is 1.21 bits per heavy atom. The van der Waals surface area contributed by atoms with Gasteiger partial charge in [-0.15, -0.1) is 0 Å². The van der Waals surface area contributed by atoms with Gasteiger partial charge in [0.15, 0.2) is 0 Å². The number of aliphatic hydroxyl groups excluding tert-OH is 1. The Kier molecular flexibility index (Phi) is 20.2. The molecule has 1 atom stereocenters. The van der Waals surface area contributed by atoms with Crippen molar-refractivity contribution in [3.05, 3.63) is 0 Å². The van der Waals surface area contributed by atoms with Crippen LogP contribution in [0.2, 0.25) is 0 Å². The lowest BCUT2D eigenvalue weighted by Crippen LogP contribution is -2.30. The molecule has 0 saturated carbocycles. The summed E-state index contributed by atoms with van der Waals surface area (Å²) in [6.07, 6.45) is 26.1. The van der Waals surface area contributed by atoms with E-state index in [0.717, 1.165) is 12.2 Å². The van der Waals surface area contributed by atoms with Gasteiger partial charge in [-0.3, -0.25) is 0 Å². The molecule has 174 valence electrons. The third-order valence-electron chi connectivity index (χ3n) is 6.41. The predicted octanol–water partition coefficient (Wildman–Crippen LogP) is 7.83. The first-order valence-corrected chi connectivity index (χ1v) is 14.5. The van der Waals surface area contributed by atoms with Crippen LogP contribution in [0.1, 0.15) is 129 Å². The van der Waals surface area contributed by atoms with Gasteiger partial charge in [0.25, 0.3) is 0 Å². The van der Waals surface area contributed by atoms with E-state index in [9.17, 15) is 5.11 Å². The van der Waals surface area contributed by atoms with Gasteiger partial charge in [-0.25, -0.2) is 0 Å². The summed E-state index contributed by atoms with van der Waals surface area (Å²) < 4.78 is 0. The molecule has 1 aliphatic heterocycles. The topological polar surface area (TPSA) is 23.5 Å². The molecule has 1 unspecified atom stereocenters. The number of rotatable bonds is 21. The van der Waals surface area contributed by atoms with E-state index in [2.05, 4.69) is 11.8 Å². The Balaban J connectivity index is 1.72. The van der Waals surface area contributed by atoms with Crippen LogP contribution < -0.4 is 0 Å². The number of nitrogens with zero attached hydrogens (tertiary/aromatic N) is 1. The molecule has 1 N–H and O–H groups in total. The molecular formula is C26H53NOS. The van der Waals surface area contributed by atoms with Crippen LogP contribution >= 0.6 is 11.8 Å². The van der Waals surface area contributed by atoms with Gasteiger partial charge in [0.1, 0.15) is 0 Å². The molecule has 0 aromatic rings. The highest BCUT2D eigenvalue weighted by molar-refractivity contribution is 7.99. The molecular weight excluding hydrogens is 374 g/mol. The molecule has 0 radical (unpaired) electrons. The van der Waals surface area contributed by atoms with E-state index in [1.807, 2.05) is 11.8 Å². The number of aliphatic hydroxyl groups is 1. The second-order valence-electron chi connectivity index (χ2n) is 9.37. The van der Waals surface area contributed by atoms with Gasteiger partial charge >= 0.3 is 0 Å². The van der Waals surface area contributed by atoms with Crippen molar-refractivity contribution in [2.75, 3.05) is 31.1 Å². The standard InChI is InChI=1S/C26H53NOS/c1-2-3-4-5-6-7-8-9-10-11-12-13-14-16-20-26(28)25-29-24-19-23-27-21-17-15-18-22-27/h26,28H,2-25H2,1H3. The summed E-state index contributed by atoms with van der Waals surface area (Å²) in [5.41, 5.74) is 0. The van der Waals surface area contributed by atoms with Gasteiger partial charge < -0.3 is 10.0 Å². The Bertz CT molecular complexity index is 320. The second kappa shape index (κ2) is 21.5. The van der Waals surface area contributed by atoms with Crippen molar-refractivity contribution in [3.63, 3.8) is 0 Å². The molecule has 0 amide bonds. The van der Waals surface area contributed by atoms with Crippen LogP contribution in [0.25, 0.3) is 0 Å². The molecule has 2 nitrogen and oxygen atoms in total. The number of thioether (sulfide) groups is 1. The van der Waals surface area contributed by atoms with Crippen LogP contribution in [-0.4, -0.2) is 47.3 Å². The fraction of sp³-hybridized carbons (Fsp3) is 1.00. The maximum absolute atomic E-state index is 10.2. The smallest absolute Gasteiger partial charge is 0.0630 e. The minimum Gasteiger partial charge on any atom is -0.392 e. The maximum atomic E-state index is 10.2. The lowest BCUT2D eigenvalue weighted by Gasteiger charge is -2.26. The Morgan fingerprint density at radius 1 is 0.690 bits per heavy atom. The number of unbranched alkanes of at least 4 members (excludes halogenated alkanes) is 13. The van der Waals surface area contributed by atoms with E-state index < -0.39 is 0 Å². The van der Waals surface area contributed by atoms with Crippen molar-refractivity contribution < 1.29 is 5.11 Å². The largest absolute Gasteiger partial charge is 0.392 e. The summed E-state index contributed by atoms with van der Waals surface area (Å²) >= 11 is 1.96. The Morgan fingerprint density at radius 3 is 1.76 bits per heavy atom. The van der Waals surface area contributed by atoms with Gasteiger partial charge in [0, 0.05) is 5.75 Å². The molecule has 0 bridgehead atoms. The number of likely N-dealkylation sites (tertiary alicyclic amines) is 1. The highest BCUT2D eigenvalue weighted by atomic mass is 32.2. The zero-order valence-corrected chi connectivity index (χ0v) is 20.7. The highest BCUT2D eigenvalue weighted by Gasteiger charge is 2.09. The van der Waals surface area contributed by atoms with Gasteiger partial charge in [-0.2, -0.15) is 11.8 Å². The molecule has 0 aliphatic carbocycles. The summed E-state index contributed by atoms with van der Waals surface area (Å²) in [7, 11) is 0. The summed E-state index contributed by atoms with van der Waals surface area (Å²) in [4.78, 5) is 2.62. The van der Waals surface area contributed by atoms with Crippen LogP contribution in [0.3, 0.4) is 0 Å². The number of hydrogen-bond acceptors (Lipinski definition) is 3. The van der Waals surface area contributed by atoms with E-state index in [1.165, 1.54) is 141 Å². The van der Waals surface area contributed by atoms with E-state index >= 15 is 0 Å². The lowest BCUT2D eigenvalue weighted by molar-refractivity contribution is 0.184. The normalized spacial score (nSPS) is 16.3. The van der Waals surface area contributed by atoms with Crippen LogP contribution in [0.5, 0.6) is 0 Å². The van der Waals surface area contributed by atoms with Crippen LogP contribution in [0.4, 0.5) is 0 Å². The summed E-state index contributed by atoms with van der Waals surface area (Å²) in [6, 6.07) is 0. The maximum Gasteiger partial charge on any atom is 0.0630 e. The van der Waals surface area contributed by atoms with Crippen LogP contribution in [0.15, 0.2) is 0 Å². The van der Waals surface area contributed by atoms with Gasteiger partial charge in [0.05, 0.1) is 6.10 Å². The summed E-state index contributed by atoms with van der Waals surface area (Å²) in [6.45, 7) is 6.18. The highest BCUT2D eigenvalue weighted by Crippen LogP contribution is 2.15. The van der Waals surface area contributed by atoms with Gasteiger partial charge in [0.2, 0.25) is 0 Å². The molecule has 0 spiro atoms. The molecule has 1 heterocycles. The lowest BCUT2D eigenvalue weighted by atomic mass is 10.0. The zero-order valence-electron chi connectivity index (χ0n) is 19.9. The van der Waals surface area contributed by atoms with Crippen LogP contribution in [-0.2, 0) is 0 Å². The molecule has 1 fully saturated rings. The first-order valence-electron chi connectivity index (χ1n) is 13.3.